The first-order valence-corrected chi connectivity index (χ1v) is 7.39. The molecule has 0 saturated heterocycles. The number of methoxy groups -OCH3 is 2. The summed E-state index contributed by atoms with van der Waals surface area (Å²) in [6.45, 7) is 0. The van der Waals surface area contributed by atoms with Crippen molar-refractivity contribution >= 4 is 29.4 Å². The van der Waals surface area contributed by atoms with Crippen LogP contribution in [0.2, 0.25) is 0 Å². The quantitative estimate of drug-likeness (QED) is 0.703. The molecule has 0 aliphatic rings. The summed E-state index contributed by atoms with van der Waals surface area (Å²) < 4.78 is 10.4. The molecule has 0 spiro atoms. The van der Waals surface area contributed by atoms with E-state index in [-0.39, 0.29) is 5.91 Å². The summed E-state index contributed by atoms with van der Waals surface area (Å²) in [4.78, 5) is 22.8. The maximum Gasteiger partial charge on any atom is 0.316 e. The first-order chi connectivity index (χ1) is 12.0. The zero-order valence-corrected chi connectivity index (χ0v) is 13.9. The van der Waals surface area contributed by atoms with Crippen LogP contribution in [0.1, 0.15) is 5.56 Å². The molecule has 0 fully saturated rings. The van der Waals surface area contributed by atoms with Crippen LogP contribution in [0.5, 0.6) is 11.5 Å². The average molecular weight is 341 g/mol. The third kappa shape index (κ3) is 5.28. The van der Waals surface area contributed by atoms with Crippen molar-refractivity contribution in [3.63, 3.8) is 0 Å². The van der Waals surface area contributed by atoms with Crippen LogP contribution in [0.25, 0.3) is 6.08 Å². The van der Waals surface area contributed by atoms with E-state index in [1.54, 1.807) is 62.8 Å². The fourth-order valence-electron chi connectivity index (χ4n) is 2.08. The van der Waals surface area contributed by atoms with E-state index in [2.05, 4.69) is 10.6 Å². The number of nitrogens with two attached hydrogens (primary N) is 1. The van der Waals surface area contributed by atoms with Gasteiger partial charge in [-0.1, -0.05) is 0 Å². The van der Waals surface area contributed by atoms with Crippen LogP contribution in [0.4, 0.5) is 16.2 Å². The van der Waals surface area contributed by atoms with Gasteiger partial charge in [0.15, 0.2) is 0 Å². The number of anilines is 2. The van der Waals surface area contributed by atoms with Crippen LogP contribution in [-0.4, -0.2) is 26.2 Å². The lowest BCUT2D eigenvalue weighted by molar-refractivity contribution is -0.111. The number of urea groups is 1. The van der Waals surface area contributed by atoms with E-state index in [0.717, 1.165) is 5.56 Å². The third-order valence-electron chi connectivity index (χ3n) is 3.27. The van der Waals surface area contributed by atoms with E-state index in [1.807, 2.05) is 0 Å². The Morgan fingerprint density at radius 2 is 1.60 bits per heavy atom. The summed E-state index contributed by atoms with van der Waals surface area (Å²) in [6.07, 6.45) is 3.05. The van der Waals surface area contributed by atoms with Crippen molar-refractivity contribution in [2.45, 2.75) is 0 Å². The number of benzene rings is 2. The Morgan fingerprint density at radius 1 is 0.960 bits per heavy atom. The molecule has 130 valence electrons. The van der Waals surface area contributed by atoms with Crippen LogP contribution in [-0.2, 0) is 4.79 Å². The average Bonchev–Trinajstić information content (AvgIpc) is 2.61. The predicted octanol–water partition coefficient (Wildman–Crippen LogP) is 2.85. The molecule has 0 aliphatic heterocycles. The second-order valence-electron chi connectivity index (χ2n) is 5.00. The Morgan fingerprint density at radius 3 is 2.16 bits per heavy atom. The Bertz CT molecular complexity index is 785. The predicted molar refractivity (Wildman–Crippen MR) is 96.9 cm³/mol. The highest BCUT2D eigenvalue weighted by molar-refractivity contribution is 6.02. The minimum absolute atomic E-state index is 0.298. The number of carbonyl (C=O) groups excluding carboxylic acids is 2. The van der Waals surface area contributed by atoms with Gasteiger partial charge in [-0.3, -0.25) is 4.79 Å². The Kier molecular flexibility index (Phi) is 6.00. The molecular formula is C18H19N3O4. The van der Waals surface area contributed by atoms with Gasteiger partial charge in [0.05, 0.1) is 14.2 Å². The van der Waals surface area contributed by atoms with Crippen molar-refractivity contribution in [2.24, 2.45) is 5.73 Å². The van der Waals surface area contributed by atoms with Crippen LogP contribution in [0.15, 0.2) is 48.5 Å². The molecule has 0 atom stereocenters. The molecule has 0 saturated carbocycles. The summed E-state index contributed by atoms with van der Waals surface area (Å²) in [5.74, 6) is 0.974. The molecule has 0 radical (unpaired) electrons. The molecule has 2 rings (SSSR count). The van der Waals surface area contributed by atoms with Gasteiger partial charge in [-0.25, -0.2) is 4.79 Å². The monoisotopic (exact) mass is 341 g/mol. The number of hydrogen-bond donors (Lipinski definition) is 3. The number of primary amides is 1. The Hall–Kier alpha value is -3.48. The SMILES string of the molecule is COc1ccc(/C=C/C(=O)Nc2ccc(NC(N)=O)cc2)c(OC)c1. The lowest BCUT2D eigenvalue weighted by Crippen LogP contribution is -2.19. The molecule has 7 nitrogen and oxygen atoms in total. The second kappa shape index (κ2) is 8.39. The van der Waals surface area contributed by atoms with Gasteiger partial charge in [-0.15, -0.1) is 0 Å². The molecular weight excluding hydrogens is 322 g/mol. The van der Waals surface area contributed by atoms with Gasteiger partial charge in [0.1, 0.15) is 11.5 Å². The highest BCUT2D eigenvalue weighted by atomic mass is 16.5. The molecule has 7 heteroatoms. The van der Waals surface area contributed by atoms with Crippen LogP contribution < -0.4 is 25.8 Å². The van der Waals surface area contributed by atoms with Gasteiger partial charge >= 0.3 is 6.03 Å². The van der Waals surface area contributed by atoms with E-state index in [0.29, 0.717) is 22.9 Å². The minimum Gasteiger partial charge on any atom is -0.497 e. The number of carbonyl (C=O) groups is 2. The van der Waals surface area contributed by atoms with Crippen molar-refractivity contribution in [1.82, 2.24) is 0 Å². The molecule has 0 heterocycles. The zero-order valence-electron chi connectivity index (χ0n) is 13.9. The van der Waals surface area contributed by atoms with Crippen LogP contribution in [0.3, 0.4) is 0 Å². The number of amides is 3. The van der Waals surface area contributed by atoms with E-state index in [1.165, 1.54) is 6.08 Å². The summed E-state index contributed by atoms with van der Waals surface area (Å²) in [5, 5.41) is 5.16. The largest absolute Gasteiger partial charge is 0.497 e. The molecule has 3 amide bonds. The van der Waals surface area contributed by atoms with E-state index in [4.69, 9.17) is 15.2 Å². The lowest BCUT2D eigenvalue weighted by atomic mass is 10.1. The fraction of sp³-hybridized carbons (Fsp3) is 0.111. The molecule has 2 aromatic carbocycles. The summed E-state index contributed by atoms with van der Waals surface area (Å²) in [7, 11) is 3.12. The van der Waals surface area contributed by atoms with Crippen LogP contribution >= 0.6 is 0 Å². The molecule has 0 unspecified atom stereocenters. The number of rotatable bonds is 6. The van der Waals surface area contributed by atoms with E-state index < -0.39 is 6.03 Å². The summed E-state index contributed by atoms with van der Waals surface area (Å²) in [6, 6.07) is 11.3. The van der Waals surface area contributed by atoms with E-state index >= 15 is 0 Å². The maximum absolute atomic E-state index is 12.0. The number of hydrogen-bond acceptors (Lipinski definition) is 4. The number of nitrogens with one attached hydrogen (secondary N) is 2. The molecule has 0 aromatic heterocycles. The zero-order chi connectivity index (χ0) is 18.2. The van der Waals surface area contributed by atoms with Crippen molar-refractivity contribution in [2.75, 3.05) is 24.9 Å². The Labute approximate surface area is 145 Å². The number of ether oxygens (including phenoxy) is 2. The van der Waals surface area contributed by atoms with E-state index in [9.17, 15) is 9.59 Å². The van der Waals surface area contributed by atoms with Crippen molar-refractivity contribution in [3.8, 4) is 11.5 Å². The first kappa shape index (κ1) is 17.9. The highest BCUT2D eigenvalue weighted by Gasteiger charge is 2.04. The molecule has 25 heavy (non-hydrogen) atoms. The minimum atomic E-state index is -0.645. The topological polar surface area (TPSA) is 103 Å². The maximum atomic E-state index is 12.0. The fourth-order valence-corrected chi connectivity index (χ4v) is 2.08. The standard InChI is InChI=1S/C18H19N3O4/c1-24-15-9-3-12(16(11-15)25-2)4-10-17(22)20-13-5-7-14(8-6-13)21-18(19)23/h3-11H,1-2H3,(H,20,22)(H3,19,21,23)/b10-4+. The van der Waals surface area contributed by atoms with Crippen molar-refractivity contribution in [1.29, 1.82) is 0 Å². The van der Waals surface area contributed by atoms with Gasteiger partial charge in [-0.2, -0.15) is 0 Å². The summed E-state index contributed by atoms with van der Waals surface area (Å²) in [5.41, 5.74) is 6.92. The van der Waals surface area contributed by atoms with Gasteiger partial charge in [0.25, 0.3) is 0 Å². The van der Waals surface area contributed by atoms with Gasteiger partial charge < -0.3 is 25.8 Å². The first-order valence-electron chi connectivity index (χ1n) is 7.39. The van der Waals surface area contributed by atoms with Crippen molar-refractivity contribution < 1.29 is 19.1 Å². The van der Waals surface area contributed by atoms with Crippen LogP contribution in [0, 0.1) is 0 Å². The van der Waals surface area contributed by atoms with Crippen molar-refractivity contribution in [3.05, 3.63) is 54.1 Å². The smallest absolute Gasteiger partial charge is 0.316 e. The highest BCUT2D eigenvalue weighted by Crippen LogP contribution is 2.25. The van der Waals surface area contributed by atoms with Gasteiger partial charge in [0.2, 0.25) is 5.91 Å². The molecule has 0 aliphatic carbocycles. The lowest BCUT2D eigenvalue weighted by Gasteiger charge is -2.07. The summed E-state index contributed by atoms with van der Waals surface area (Å²) >= 11 is 0. The van der Waals surface area contributed by atoms with Gasteiger partial charge in [-0.05, 0) is 42.5 Å². The molecule has 4 N–H and O–H groups in total. The Balaban J connectivity index is 2.02. The second-order valence-corrected chi connectivity index (χ2v) is 5.00. The van der Waals surface area contributed by atoms with Gasteiger partial charge in [0, 0.05) is 29.1 Å². The molecule has 0 bridgehead atoms. The molecule has 2 aromatic rings. The third-order valence-corrected chi connectivity index (χ3v) is 3.27. The normalized spacial score (nSPS) is 10.3.